The summed E-state index contributed by atoms with van der Waals surface area (Å²) in [5.74, 6) is -0.859. The van der Waals surface area contributed by atoms with Gasteiger partial charge in [0.05, 0.1) is 16.6 Å². The molecule has 1 heterocycles. The minimum absolute atomic E-state index is 0.0190. The van der Waals surface area contributed by atoms with Crippen LogP contribution < -0.4 is 0 Å². The van der Waals surface area contributed by atoms with Crippen LogP contribution in [0.4, 0.5) is 8.78 Å². The van der Waals surface area contributed by atoms with E-state index < -0.39 is 11.6 Å². The second-order valence-electron chi connectivity index (χ2n) is 5.17. The molecule has 0 aliphatic rings. The highest BCUT2D eigenvalue weighted by Gasteiger charge is 2.20. The standard InChI is InChI=1S/C16H14F2N2O/c1-9(2)20-13-7-6-10(17)8-12(13)19-16(20)15-11(18)4-3-5-14(15)21/h3-9,21H,1-2H3. The van der Waals surface area contributed by atoms with Crippen molar-refractivity contribution >= 4 is 11.0 Å². The molecule has 0 spiro atoms. The molecule has 3 nitrogen and oxygen atoms in total. The summed E-state index contributed by atoms with van der Waals surface area (Å²) in [5.41, 5.74) is 1.16. The summed E-state index contributed by atoms with van der Waals surface area (Å²) >= 11 is 0. The maximum Gasteiger partial charge on any atom is 0.148 e. The summed E-state index contributed by atoms with van der Waals surface area (Å²) in [4.78, 5) is 4.31. The van der Waals surface area contributed by atoms with Gasteiger partial charge in [-0.3, -0.25) is 0 Å². The fraction of sp³-hybridized carbons (Fsp3) is 0.188. The van der Waals surface area contributed by atoms with Crippen LogP contribution in [0.1, 0.15) is 19.9 Å². The number of aromatic hydroxyl groups is 1. The molecular weight excluding hydrogens is 274 g/mol. The zero-order chi connectivity index (χ0) is 15.1. The van der Waals surface area contributed by atoms with Crippen LogP contribution in [0.25, 0.3) is 22.4 Å². The van der Waals surface area contributed by atoms with Crippen molar-refractivity contribution in [1.29, 1.82) is 0 Å². The lowest BCUT2D eigenvalue weighted by Crippen LogP contribution is -2.04. The van der Waals surface area contributed by atoms with Crippen molar-refractivity contribution in [1.82, 2.24) is 9.55 Å². The van der Waals surface area contributed by atoms with Gasteiger partial charge in [-0.25, -0.2) is 13.8 Å². The fourth-order valence-electron chi connectivity index (χ4n) is 2.51. The van der Waals surface area contributed by atoms with Gasteiger partial charge in [-0.15, -0.1) is 0 Å². The molecule has 0 radical (unpaired) electrons. The number of phenolic OH excluding ortho intramolecular Hbond substituents is 1. The molecule has 108 valence electrons. The molecule has 21 heavy (non-hydrogen) atoms. The van der Waals surface area contributed by atoms with Gasteiger partial charge < -0.3 is 9.67 Å². The Kier molecular flexibility index (Phi) is 3.12. The van der Waals surface area contributed by atoms with E-state index >= 15 is 0 Å². The number of fused-ring (bicyclic) bond motifs is 1. The Morgan fingerprint density at radius 2 is 1.90 bits per heavy atom. The van der Waals surface area contributed by atoms with E-state index in [2.05, 4.69) is 4.98 Å². The molecule has 0 bridgehead atoms. The Labute approximate surface area is 120 Å². The maximum absolute atomic E-state index is 14.1. The molecule has 1 N–H and O–H groups in total. The van der Waals surface area contributed by atoms with Crippen molar-refractivity contribution in [2.24, 2.45) is 0 Å². The Morgan fingerprint density at radius 1 is 1.14 bits per heavy atom. The first-order valence-electron chi connectivity index (χ1n) is 6.64. The average molecular weight is 288 g/mol. The number of hydrogen-bond acceptors (Lipinski definition) is 2. The summed E-state index contributed by atoms with van der Waals surface area (Å²) in [6, 6.07) is 8.33. The minimum atomic E-state index is -0.562. The van der Waals surface area contributed by atoms with Gasteiger partial charge in [0.2, 0.25) is 0 Å². The van der Waals surface area contributed by atoms with Crippen LogP contribution in [-0.4, -0.2) is 14.7 Å². The van der Waals surface area contributed by atoms with Gasteiger partial charge in [-0.2, -0.15) is 0 Å². The second kappa shape index (κ2) is 4.84. The fourth-order valence-corrected chi connectivity index (χ4v) is 2.51. The molecule has 0 fully saturated rings. The average Bonchev–Trinajstić information content (AvgIpc) is 2.76. The Hall–Kier alpha value is -2.43. The third-order valence-corrected chi connectivity index (χ3v) is 3.38. The van der Waals surface area contributed by atoms with Crippen LogP contribution in [0, 0.1) is 11.6 Å². The van der Waals surface area contributed by atoms with E-state index in [0.717, 1.165) is 0 Å². The highest BCUT2D eigenvalue weighted by Crippen LogP contribution is 2.35. The van der Waals surface area contributed by atoms with Gasteiger partial charge in [0.15, 0.2) is 0 Å². The molecule has 0 aliphatic carbocycles. The third-order valence-electron chi connectivity index (χ3n) is 3.38. The van der Waals surface area contributed by atoms with E-state index in [1.807, 2.05) is 13.8 Å². The molecule has 0 saturated carbocycles. The van der Waals surface area contributed by atoms with Crippen molar-refractivity contribution in [2.45, 2.75) is 19.9 Å². The highest BCUT2D eigenvalue weighted by atomic mass is 19.1. The molecule has 0 atom stereocenters. The molecule has 3 rings (SSSR count). The van der Waals surface area contributed by atoms with Gasteiger partial charge in [0.1, 0.15) is 23.2 Å². The van der Waals surface area contributed by atoms with Gasteiger partial charge in [0.25, 0.3) is 0 Å². The summed E-state index contributed by atoms with van der Waals surface area (Å²) < 4.78 is 29.3. The van der Waals surface area contributed by atoms with Crippen molar-refractivity contribution < 1.29 is 13.9 Å². The van der Waals surface area contributed by atoms with Crippen LogP contribution in [0.3, 0.4) is 0 Å². The Balaban J connectivity index is 2.39. The summed E-state index contributed by atoms with van der Waals surface area (Å²) in [5, 5.41) is 9.96. The summed E-state index contributed by atoms with van der Waals surface area (Å²) in [6.07, 6.45) is 0. The van der Waals surface area contributed by atoms with Crippen LogP contribution in [0.5, 0.6) is 5.75 Å². The first kappa shape index (κ1) is 13.5. The number of benzene rings is 2. The first-order valence-corrected chi connectivity index (χ1v) is 6.64. The number of rotatable bonds is 2. The lowest BCUT2D eigenvalue weighted by atomic mass is 10.1. The smallest absolute Gasteiger partial charge is 0.148 e. The SMILES string of the molecule is CC(C)n1c(-c2c(O)cccc2F)nc2cc(F)ccc21. The number of aromatic nitrogens is 2. The maximum atomic E-state index is 14.1. The van der Waals surface area contributed by atoms with E-state index in [0.29, 0.717) is 16.9 Å². The number of phenols is 1. The van der Waals surface area contributed by atoms with E-state index in [4.69, 9.17) is 0 Å². The molecule has 0 unspecified atom stereocenters. The van der Waals surface area contributed by atoms with E-state index in [9.17, 15) is 13.9 Å². The minimum Gasteiger partial charge on any atom is -0.507 e. The summed E-state index contributed by atoms with van der Waals surface area (Å²) in [7, 11) is 0. The quantitative estimate of drug-likeness (QED) is 0.764. The largest absolute Gasteiger partial charge is 0.507 e. The molecule has 0 saturated heterocycles. The van der Waals surface area contributed by atoms with Crippen LogP contribution in [-0.2, 0) is 0 Å². The number of nitrogens with zero attached hydrogens (tertiary/aromatic N) is 2. The predicted octanol–water partition coefficient (Wildman–Crippen LogP) is 4.27. The topological polar surface area (TPSA) is 38.0 Å². The highest BCUT2D eigenvalue weighted by molar-refractivity contribution is 5.82. The number of hydrogen-bond donors (Lipinski definition) is 1. The lowest BCUT2D eigenvalue weighted by Gasteiger charge is -2.14. The van der Waals surface area contributed by atoms with E-state index in [1.54, 1.807) is 10.6 Å². The molecule has 0 aliphatic heterocycles. The first-order chi connectivity index (χ1) is 9.99. The van der Waals surface area contributed by atoms with Crippen molar-refractivity contribution in [3.63, 3.8) is 0 Å². The van der Waals surface area contributed by atoms with Gasteiger partial charge in [-0.1, -0.05) is 6.07 Å². The molecular formula is C16H14F2N2O. The molecule has 2 aromatic carbocycles. The third kappa shape index (κ3) is 2.14. The zero-order valence-electron chi connectivity index (χ0n) is 11.6. The lowest BCUT2D eigenvalue weighted by molar-refractivity contribution is 0.470. The monoisotopic (exact) mass is 288 g/mol. The second-order valence-corrected chi connectivity index (χ2v) is 5.17. The van der Waals surface area contributed by atoms with Crippen molar-refractivity contribution in [2.75, 3.05) is 0 Å². The molecule has 0 amide bonds. The van der Waals surface area contributed by atoms with Crippen molar-refractivity contribution in [3.8, 4) is 17.1 Å². The predicted molar refractivity (Wildman–Crippen MR) is 77.1 cm³/mol. The van der Waals surface area contributed by atoms with E-state index in [1.165, 1.54) is 30.3 Å². The molecule has 1 aromatic heterocycles. The van der Waals surface area contributed by atoms with Crippen LogP contribution in [0.2, 0.25) is 0 Å². The van der Waals surface area contributed by atoms with Crippen molar-refractivity contribution in [3.05, 3.63) is 48.0 Å². The van der Waals surface area contributed by atoms with Crippen LogP contribution >= 0.6 is 0 Å². The number of imidazole rings is 1. The van der Waals surface area contributed by atoms with Crippen LogP contribution in [0.15, 0.2) is 36.4 Å². The van der Waals surface area contributed by atoms with E-state index in [-0.39, 0.29) is 17.4 Å². The Morgan fingerprint density at radius 3 is 2.57 bits per heavy atom. The van der Waals surface area contributed by atoms with Gasteiger partial charge in [-0.05, 0) is 38.1 Å². The Bertz CT molecular complexity index is 804. The summed E-state index contributed by atoms with van der Waals surface area (Å²) in [6.45, 7) is 3.84. The van der Waals surface area contributed by atoms with Gasteiger partial charge >= 0.3 is 0 Å². The molecule has 3 aromatic rings. The molecule has 5 heteroatoms. The van der Waals surface area contributed by atoms with Gasteiger partial charge in [0, 0.05) is 12.1 Å². The normalized spacial score (nSPS) is 11.5. The number of halogens is 2. The zero-order valence-corrected chi connectivity index (χ0v) is 11.6.